The molecule has 0 aliphatic carbocycles. The number of benzene rings is 1. The first-order valence-electron chi connectivity index (χ1n) is 7.13. The average molecular weight is 360 g/mol. The van der Waals surface area contributed by atoms with Gasteiger partial charge >= 0.3 is 5.97 Å². The fourth-order valence-corrected chi connectivity index (χ4v) is 3.41. The van der Waals surface area contributed by atoms with Crippen LogP contribution in [0.5, 0.6) is 0 Å². The predicted molar refractivity (Wildman–Crippen MR) is 95.0 cm³/mol. The molecular weight excluding hydrogens is 344 g/mol. The summed E-state index contributed by atoms with van der Waals surface area (Å²) in [5.74, 6) is -0.821. The lowest BCUT2D eigenvalue weighted by Crippen LogP contribution is -2.22. The predicted octanol–water partition coefficient (Wildman–Crippen LogP) is 3.66. The van der Waals surface area contributed by atoms with E-state index in [1.54, 1.807) is 0 Å². The summed E-state index contributed by atoms with van der Waals surface area (Å²) < 4.78 is 5.00. The van der Waals surface area contributed by atoms with Gasteiger partial charge < -0.3 is 10.1 Å². The van der Waals surface area contributed by atoms with Crippen LogP contribution in [0.25, 0.3) is 0 Å². The first-order chi connectivity index (χ1) is 11.5. The maximum Gasteiger partial charge on any atom is 0.310 e. The van der Waals surface area contributed by atoms with Crippen LogP contribution in [0.2, 0.25) is 0 Å². The number of thiocyanates is 1. The first-order valence-corrected chi connectivity index (χ1v) is 8.89. The molecule has 124 valence electrons. The molecule has 1 amide bonds. The van der Waals surface area contributed by atoms with E-state index in [2.05, 4.69) is 5.32 Å². The Kier molecular flexibility index (Phi) is 6.41. The molecule has 0 aliphatic heterocycles. The summed E-state index contributed by atoms with van der Waals surface area (Å²) in [6.45, 7) is 3.38. The van der Waals surface area contributed by atoms with Crippen molar-refractivity contribution in [2.75, 3.05) is 11.9 Å². The largest absolute Gasteiger partial charge is 0.455 e. The zero-order chi connectivity index (χ0) is 17.5. The monoisotopic (exact) mass is 360 g/mol. The van der Waals surface area contributed by atoms with Gasteiger partial charge in [-0.25, -0.2) is 0 Å². The number of thioether (sulfide) groups is 1. The Morgan fingerprint density at radius 1 is 1.33 bits per heavy atom. The van der Waals surface area contributed by atoms with Gasteiger partial charge in [-0.15, -0.1) is 0 Å². The van der Waals surface area contributed by atoms with E-state index >= 15 is 0 Å². The normalized spacial score (nSPS) is 10.0. The summed E-state index contributed by atoms with van der Waals surface area (Å²) in [5.41, 5.74) is 3.26. The lowest BCUT2D eigenvalue weighted by Gasteiger charge is -2.13. The number of nitriles is 1. The highest BCUT2D eigenvalue weighted by Crippen LogP contribution is 2.27. The van der Waals surface area contributed by atoms with Crippen molar-refractivity contribution in [1.29, 1.82) is 5.26 Å². The number of carbonyl (C=O) groups excluding carboxylic acids is 2. The standard InChI is InChI=1S/C17H16N2O3S2/c1-11-5-14(24-10-18)6-12(2)17(11)19-15(20)8-22-16(21)7-13-3-4-23-9-13/h3-6,9H,7-8H2,1-2H3,(H,19,20). The molecule has 1 aromatic heterocycles. The minimum Gasteiger partial charge on any atom is -0.455 e. The molecule has 0 atom stereocenters. The van der Waals surface area contributed by atoms with Crippen LogP contribution < -0.4 is 5.32 Å². The van der Waals surface area contributed by atoms with Gasteiger partial charge in [-0.2, -0.15) is 16.6 Å². The van der Waals surface area contributed by atoms with Gasteiger partial charge in [0, 0.05) is 10.6 Å². The average Bonchev–Trinajstić information content (AvgIpc) is 3.02. The molecule has 0 radical (unpaired) electrons. The van der Waals surface area contributed by atoms with Crippen LogP contribution in [0.4, 0.5) is 5.69 Å². The van der Waals surface area contributed by atoms with Crippen LogP contribution in [0.3, 0.4) is 0 Å². The molecule has 2 rings (SSSR count). The van der Waals surface area contributed by atoms with Gasteiger partial charge in [0.1, 0.15) is 5.40 Å². The number of ether oxygens (including phenoxy) is 1. The van der Waals surface area contributed by atoms with Crippen LogP contribution >= 0.6 is 23.1 Å². The van der Waals surface area contributed by atoms with Gasteiger partial charge in [-0.1, -0.05) is 0 Å². The van der Waals surface area contributed by atoms with E-state index in [0.717, 1.165) is 33.3 Å². The third kappa shape index (κ3) is 5.11. The first kappa shape index (κ1) is 18.0. The Hall–Kier alpha value is -2.30. The smallest absolute Gasteiger partial charge is 0.310 e. The number of hydrogen-bond donors (Lipinski definition) is 1. The Morgan fingerprint density at radius 3 is 2.62 bits per heavy atom. The number of anilines is 1. The Morgan fingerprint density at radius 2 is 2.04 bits per heavy atom. The summed E-state index contributed by atoms with van der Waals surface area (Å²) in [5, 5.41) is 17.3. The summed E-state index contributed by atoms with van der Waals surface area (Å²) in [4.78, 5) is 24.5. The highest BCUT2D eigenvalue weighted by molar-refractivity contribution is 8.03. The molecular formula is C17H16N2O3S2. The molecule has 0 spiro atoms. The van der Waals surface area contributed by atoms with E-state index in [0.29, 0.717) is 5.69 Å². The quantitative estimate of drug-likeness (QED) is 0.483. The molecule has 0 saturated heterocycles. The number of amides is 1. The number of nitrogens with zero attached hydrogens (tertiary/aromatic N) is 1. The van der Waals surface area contributed by atoms with Gasteiger partial charge in [0.25, 0.3) is 5.91 Å². The van der Waals surface area contributed by atoms with E-state index in [1.165, 1.54) is 11.3 Å². The van der Waals surface area contributed by atoms with Crippen LogP contribution in [0.15, 0.2) is 33.9 Å². The minimum atomic E-state index is -0.433. The highest BCUT2D eigenvalue weighted by atomic mass is 32.2. The maximum absolute atomic E-state index is 12.0. The summed E-state index contributed by atoms with van der Waals surface area (Å²) in [6, 6.07) is 5.51. The third-order valence-electron chi connectivity index (χ3n) is 3.23. The Labute approximate surface area is 148 Å². The highest BCUT2D eigenvalue weighted by Gasteiger charge is 2.12. The SMILES string of the molecule is Cc1cc(SC#N)cc(C)c1NC(=O)COC(=O)Cc1ccsc1. The molecule has 1 heterocycles. The number of rotatable bonds is 6. The van der Waals surface area contributed by atoms with Crippen molar-refractivity contribution in [2.45, 2.75) is 25.2 Å². The van der Waals surface area contributed by atoms with Gasteiger partial charge in [-0.05, 0) is 71.3 Å². The van der Waals surface area contributed by atoms with Crippen LogP contribution in [-0.2, 0) is 20.7 Å². The Balaban J connectivity index is 1.90. The second-order valence-electron chi connectivity index (χ2n) is 5.14. The zero-order valence-corrected chi connectivity index (χ0v) is 14.9. The van der Waals surface area contributed by atoms with Crippen LogP contribution in [0.1, 0.15) is 16.7 Å². The second-order valence-corrected chi connectivity index (χ2v) is 6.78. The van der Waals surface area contributed by atoms with Crippen LogP contribution in [0, 0.1) is 24.5 Å². The van der Waals surface area contributed by atoms with E-state index in [4.69, 9.17) is 10.00 Å². The van der Waals surface area contributed by atoms with Gasteiger partial charge in [0.05, 0.1) is 6.42 Å². The van der Waals surface area contributed by atoms with Crippen LogP contribution in [-0.4, -0.2) is 18.5 Å². The number of esters is 1. The fourth-order valence-electron chi connectivity index (χ4n) is 2.17. The molecule has 0 fully saturated rings. The van der Waals surface area contributed by atoms with Crippen molar-refractivity contribution in [3.63, 3.8) is 0 Å². The lowest BCUT2D eigenvalue weighted by molar-refractivity contribution is -0.146. The summed E-state index contributed by atoms with van der Waals surface area (Å²) >= 11 is 2.58. The molecule has 0 aliphatic rings. The molecule has 7 heteroatoms. The van der Waals surface area contributed by atoms with Crippen molar-refractivity contribution >= 4 is 40.7 Å². The molecule has 2 aromatic rings. The van der Waals surface area contributed by atoms with Crippen molar-refractivity contribution in [2.24, 2.45) is 0 Å². The molecule has 1 N–H and O–H groups in total. The number of aryl methyl sites for hydroxylation is 2. The minimum absolute atomic E-state index is 0.162. The lowest BCUT2D eigenvalue weighted by atomic mass is 10.1. The number of thiophene rings is 1. The molecule has 0 bridgehead atoms. The molecule has 24 heavy (non-hydrogen) atoms. The topological polar surface area (TPSA) is 79.2 Å². The maximum atomic E-state index is 12.0. The zero-order valence-electron chi connectivity index (χ0n) is 13.3. The van der Waals surface area contributed by atoms with Crippen molar-refractivity contribution in [3.8, 4) is 5.40 Å². The Bertz CT molecular complexity index is 757. The second kappa shape index (κ2) is 8.52. The fraction of sp³-hybridized carbons (Fsp3) is 0.235. The summed E-state index contributed by atoms with van der Waals surface area (Å²) in [7, 11) is 0. The van der Waals surface area contributed by atoms with Crippen molar-refractivity contribution in [3.05, 3.63) is 45.6 Å². The molecule has 0 unspecified atom stereocenters. The summed E-state index contributed by atoms with van der Waals surface area (Å²) in [6.07, 6.45) is 0.162. The molecule has 5 nitrogen and oxygen atoms in total. The number of hydrogen-bond acceptors (Lipinski definition) is 6. The van der Waals surface area contributed by atoms with E-state index in [9.17, 15) is 9.59 Å². The van der Waals surface area contributed by atoms with Gasteiger partial charge in [0.2, 0.25) is 0 Å². The van der Waals surface area contributed by atoms with Crippen molar-refractivity contribution < 1.29 is 14.3 Å². The van der Waals surface area contributed by atoms with Crippen molar-refractivity contribution in [1.82, 2.24) is 0 Å². The van der Waals surface area contributed by atoms with Gasteiger partial charge in [-0.3, -0.25) is 9.59 Å². The number of nitrogens with one attached hydrogen (secondary N) is 1. The third-order valence-corrected chi connectivity index (χ3v) is 4.52. The molecule has 1 aromatic carbocycles. The van der Waals surface area contributed by atoms with E-state index < -0.39 is 5.97 Å². The molecule has 0 saturated carbocycles. The van der Waals surface area contributed by atoms with E-state index in [-0.39, 0.29) is 18.9 Å². The number of carbonyl (C=O) groups is 2. The van der Waals surface area contributed by atoms with E-state index in [1.807, 2.05) is 48.2 Å². The van der Waals surface area contributed by atoms with Gasteiger partial charge in [0.15, 0.2) is 6.61 Å².